The number of anilines is 1. The van der Waals surface area contributed by atoms with Crippen molar-refractivity contribution < 1.29 is 19.4 Å². The Morgan fingerprint density at radius 3 is 2.46 bits per heavy atom. The molecule has 3 aromatic rings. The summed E-state index contributed by atoms with van der Waals surface area (Å²) in [5.41, 5.74) is 4.88. The summed E-state index contributed by atoms with van der Waals surface area (Å²) in [7, 11) is 5.44. The first-order chi connectivity index (χ1) is 18.8. The van der Waals surface area contributed by atoms with E-state index in [0.29, 0.717) is 11.5 Å². The van der Waals surface area contributed by atoms with Crippen molar-refractivity contribution in [3.8, 4) is 11.4 Å². The molecule has 1 aliphatic carbocycles. The molecule has 2 aromatic carbocycles. The molecule has 1 aliphatic rings. The largest absolute Gasteiger partial charge is 0.497 e. The Balaban J connectivity index is 1.64. The van der Waals surface area contributed by atoms with E-state index in [1.54, 1.807) is 14.2 Å². The lowest BCUT2D eigenvalue weighted by molar-refractivity contribution is -0.137. The van der Waals surface area contributed by atoms with Gasteiger partial charge in [0, 0.05) is 49.7 Å². The molecular formula is C31H40N4O4. The Bertz CT molecular complexity index is 1260. The van der Waals surface area contributed by atoms with Gasteiger partial charge in [-0.2, -0.15) is 5.10 Å². The number of carboxylic acid groups (broad SMARTS) is 1. The fourth-order valence-corrected chi connectivity index (χ4v) is 5.64. The summed E-state index contributed by atoms with van der Waals surface area (Å²) in [6.45, 7) is 2.33. The zero-order valence-corrected chi connectivity index (χ0v) is 23.5. The van der Waals surface area contributed by atoms with Gasteiger partial charge in [0.2, 0.25) is 0 Å². The number of amides is 1. The van der Waals surface area contributed by atoms with E-state index in [0.717, 1.165) is 29.2 Å². The Morgan fingerprint density at radius 2 is 1.82 bits per heavy atom. The van der Waals surface area contributed by atoms with E-state index in [1.165, 1.54) is 42.6 Å². The van der Waals surface area contributed by atoms with Gasteiger partial charge in [-0.1, -0.05) is 32.3 Å². The van der Waals surface area contributed by atoms with E-state index < -0.39 is 5.97 Å². The topological polar surface area (TPSA) is 87.9 Å². The number of aliphatic carboxylic acids is 1. The monoisotopic (exact) mass is 532 g/mol. The first-order valence-corrected chi connectivity index (χ1v) is 13.8. The second kappa shape index (κ2) is 12.8. The minimum atomic E-state index is -0.915. The molecule has 8 heteroatoms. The highest BCUT2D eigenvalue weighted by Crippen LogP contribution is 2.41. The lowest BCUT2D eigenvalue weighted by Gasteiger charge is -2.38. The number of carbonyl (C=O) groups excluding carboxylic acids is 1. The van der Waals surface area contributed by atoms with Crippen molar-refractivity contribution in [2.45, 2.75) is 57.9 Å². The number of methoxy groups -OCH3 is 1. The van der Waals surface area contributed by atoms with Crippen molar-refractivity contribution in [1.82, 2.24) is 14.7 Å². The number of carbonyl (C=O) groups is 2. The number of benzene rings is 2. The third kappa shape index (κ3) is 6.61. The molecule has 4 rings (SSSR count). The average molecular weight is 533 g/mol. The van der Waals surface area contributed by atoms with Gasteiger partial charge in [0.1, 0.15) is 5.75 Å². The smallest absolute Gasteiger partial charge is 0.305 e. The molecular weight excluding hydrogens is 492 g/mol. The van der Waals surface area contributed by atoms with Crippen LogP contribution in [0.15, 0.2) is 54.7 Å². The van der Waals surface area contributed by atoms with Gasteiger partial charge in [-0.05, 0) is 61.6 Å². The zero-order chi connectivity index (χ0) is 27.9. The van der Waals surface area contributed by atoms with E-state index in [9.17, 15) is 9.59 Å². The summed E-state index contributed by atoms with van der Waals surface area (Å²) >= 11 is 0. The second-order valence-corrected chi connectivity index (χ2v) is 10.4. The van der Waals surface area contributed by atoms with Crippen LogP contribution < -0.4 is 9.64 Å². The molecule has 208 valence electrons. The highest BCUT2D eigenvalue weighted by Gasteiger charge is 2.32. The zero-order valence-electron chi connectivity index (χ0n) is 23.5. The predicted octanol–water partition coefficient (Wildman–Crippen LogP) is 5.75. The SMILES string of the molecule is CCc1nn(-c2cccc(OC)c2)cc1C(C1CCCCC1)N(C)c1ccc(C(=O)N(C)CCC(=O)O)cc1. The van der Waals surface area contributed by atoms with Crippen molar-refractivity contribution in [2.75, 3.05) is 32.6 Å². The summed E-state index contributed by atoms with van der Waals surface area (Å²) in [6.07, 6.45) is 9.03. The van der Waals surface area contributed by atoms with Gasteiger partial charge in [0.15, 0.2) is 0 Å². The summed E-state index contributed by atoms with van der Waals surface area (Å²) in [5, 5.41) is 13.9. The molecule has 0 aliphatic heterocycles. The van der Waals surface area contributed by atoms with Crippen LogP contribution in [0.4, 0.5) is 5.69 Å². The molecule has 1 unspecified atom stereocenters. The van der Waals surface area contributed by atoms with Crippen LogP contribution in [0.2, 0.25) is 0 Å². The molecule has 1 heterocycles. The summed E-state index contributed by atoms with van der Waals surface area (Å²) in [5.74, 6) is 0.205. The van der Waals surface area contributed by atoms with Crippen molar-refractivity contribution in [1.29, 1.82) is 0 Å². The minimum Gasteiger partial charge on any atom is -0.497 e. The lowest BCUT2D eigenvalue weighted by atomic mass is 9.80. The van der Waals surface area contributed by atoms with Gasteiger partial charge in [0.05, 0.1) is 31.0 Å². The summed E-state index contributed by atoms with van der Waals surface area (Å²) in [6, 6.07) is 15.8. The standard InChI is InChI=1S/C31H40N4O4/c1-5-28-27(21-35(32-28)25-12-9-13-26(20-25)39-4)30(22-10-7-6-8-11-22)34(3)24-16-14-23(15-17-24)31(38)33(2)19-18-29(36)37/h9,12-17,20-22,30H,5-8,10-11,18-19H2,1-4H3,(H,36,37). The minimum absolute atomic E-state index is 0.0741. The Kier molecular flexibility index (Phi) is 9.28. The summed E-state index contributed by atoms with van der Waals surface area (Å²) < 4.78 is 7.41. The number of aryl methyl sites for hydroxylation is 1. The normalized spacial score (nSPS) is 14.6. The van der Waals surface area contributed by atoms with Crippen LogP contribution in [-0.4, -0.2) is 59.4 Å². The third-order valence-corrected chi connectivity index (χ3v) is 7.84. The van der Waals surface area contributed by atoms with Crippen molar-refractivity contribution >= 4 is 17.6 Å². The third-order valence-electron chi connectivity index (χ3n) is 7.84. The van der Waals surface area contributed by atoms with E-state index in [1.807, 2.05) is 53.2 Å². The Labute approximate surface area is 231 Å². The van der Waals surface area contributed by atoms with Crippen LogP contribution in [0, 0.1) is 5.92 Å². The van der Waals surface area contributed by atoms with E-state index >= 15 is 0 Å². The maximum atomic E-state index is 12.8. The van der Waals surface area contributed by atoms with Gasteiger partial charge in [0.25, 0.3) is 5.91 Å². The molecule has 1 aromatic heterocycles. The van der Waals surface area contributed by atoms with E-state index in [4.69, 9.17) is 14.9 Å². The highest BCUT2D eigenvalue weighted by molar-refractivity contribution is 5.94. The number of ether oxygens (including phenoxy) is 1. The molecule has 1 saturated carbocycles. The molecule has 0 bridgehead atoms. The summed E-state index contributed by atoms with van der Waals surface area (Å²) in [4.78, 5) is 27.5. The molecule has 1 fully saturated rings. The number of rotatable bonds is 11. The van der Waals surface area contributed by atoms with Gasteiger partial charge >= 0.3 is 5.97 Å². The molecule has 1 amide bonds. The number of aromatic nitrogens is 2. The van der Waals surface area contributed by atoms with Gasteiger partial charge < -0.3 is 19.6 Å². The molecule has 8 nitrogen and oxygen atoms in total. The molecule has 0 saturated heterocycles. The Morgan fingerprint density at radius 1 is 1.10 bits per heavy atom. The van der Waals surface area contributed by atoms with Gasteiger partial charge in [-0.15, -0.1) is 0 Å². The maximum Gasteiger partial charge on any atom is 0.305 e. The van der Waals surface area contributed by atoms with E-state index in [-0.39, 0.29) is 24.9 Å². The van der Waals surface area contributed by atoms with Crippen LogP contribution in [0.1, 0.15) is 73.1 Å². The molecule has 1 N–H and O–H groups in total. The van der Waals surface area contributed by atoms with Crippen molar-refractivity contribution in [2.24, 2.45) is 5.92 Å². The van der Waals surface area contributed by atoms with Crippen molar-refractivity contribution in [3.63, 3.8) is 0 Å². The fourth-order valence-electron chi connectivity index (χ4n) is 5.64. The van der Waals surface area contributed by atoms with Crippen LogP contribution in [-0.2, 0) is 11.2 Å². The number of nitrogens with zero attached hydrogens (tertiary/aromatic N) is 4. The van der Waals surface area contributed by atoms with Crippen LogP contribution in [0.3, 0.4) is 0 Å². The molecule has 0 radical (unpaired) electrons. The number of hydrogen-bond donors (Lipinski definition) is 1. The molecule has 1 atom stereocenters. The Hall–Kier alpha value is -3.81. The number of carboxylic acids is 1. The van der Waals surface area contributed by atoms with Gasteiger partial charge in [-0.3, -0.25) is 9.59 Å². The van der Waals surface area contributed by atoms with E-state index in [2.05, 4.69) is 25.1 Å². The number of hydrogen-bond acceptors (Lipinski definition) is 5. The quantitative estimate of drug-likeness (QED) is 0.338. The molecule has 39 heavy (non-hydrogen) atoms. The predicted molar refractivity (Wildman–Crippen MR) is 153 cm³/mol. The second-order valence-electron chi connectivity index (χ2n) is 10.4. The van der Waals surface area contributed by atoms with Crippen LogP contribution in [0.25, 0.3) is 5.69 Å². The van der Waals surface area contributed by atoms with Crippen molar-refractivity contribution in [3.05, 3.63) is 71.5 Å². The van der Waals surface area contributed by atoms with Gasteiger partial charge in [-0.25, -0.2) is 4.68 Å². The van der Waals surface area contributed by atoms with Crippen LogP contribution in [0.5, 0.6) is 5.75 Å². The lowest BCUT2D eigenvalue weighted by Crippen LogP contribution is -2.32. The highest BCUT2D eigenvalue weighted by atomic mass is 16.5. The van der Waals surface area contributed by atoms with Crippen LogP contribution >= 0.6 is 0 Å². The first kappa shape index (κ1) is 28.2. The molecule has 0 spiro atoms. The first-order valence-electron chi connectivity index (χ1n) is 13.8. The fraction of sp³-hybridized carbons (Fsp3) is 0.452. The maximum absolute atomic E-state index is 12.8. The average Bonchev–Trinajstić information content (AvgIpc) is 3.40.